The van der Waals surface area contributed by atoms with E-state index in [-0.39, 0.29) is 17.0 Å². The summed E-state index contributed by atoms with van der Waals surface area (Å²) in [6.45, 7) is 0.0984. The molecule has 0 saturated carbocycles. The molecular weight excluding hydrogens is 350 g/mol. The Labute approximate surface area is 152 Å². The van der Waals surface area contributed by atoms with Crippen molar-refractivity contribution in [3.05, 3.63) is 96.1 Å². The van der Waals surface area contributed by atoms with Crippen molar-refractivity contribution in [3.63, 3.8) is 0 Å². The van der Waals surface area contributed by atoms with Crippen LogP contribution >= 0.6 is 0 Å². The largest absolute Gasteiger partial charge is 0.478 e. The molecule has 5 nitrogen and oxygen atoms in total. The fourth-order valence-electron chi connectivity index (χ4n) is 2.58. The molecule has 26 heavy (non-hydrogen) atoms. The van der Waals surface area contributed by atoms with E-state index in [1.54, 1.807) is 24.3 Å². The molecule has 0 heterocycles. The van der Waals surface area contributed by atoms with E-state index in [4.69, 9.17) is 0 Å². The topological polar surface area (TPSA) is 74.7 Å². The molecule has 0 aliphatic heterocycles. The van der Waals surface area contributed by atoms with Crippen LogP contribution in [0.4, 0.5) is 5.69 Å². The van der Waals surface area contributed by atoms with Gasteiger partial charge in [-0.2, -0.15) is 0 Å². The van der Waals surface area contributed by atoms with Gasteiger partial charge in [0.2, 0.25) is 0 Å². The van der Waals surface area contributed by atoms with Crippen molar-refractivity contribution in [3.8, 4) is 0 Å². The SMILES string of the molecule is O=C(O)c1cccc(N(Cc2ccccc2)S(=O)(=O)c2ccccc2)c1. The van der Waals surface area contributed by atoms with Crippen LogP contribution in [0.2, 0.25) is 0 Å². The molecule has 0 aliphatic rings. The second kappa shape index (κ2) is 7.41. The number of carboxylic acids is 1. The summed E-state index contributed by atoms with van der Waals surface area (Å²) in [5, 5.41) is 9.23. The minimum atomic E-state index is -3.85. The molecule has 3 rings (SSSR count). The lowest BCUT2D eigenvalue weighted by molar-refractivity contribution is 0.0697. The van der Waals surface area contributed by atoms with Crippen LogP contribution in [-0.2, 0) is 16.6 Å². The number of hydrogen-bond acceptors (Lipinski definition) is 3. The van der Waals surface area contributed by atoms with Gasteiger partial charge in [0.05, 0.1) is 22.7 Å². The Balaban J connectivity index is 2.11. The van der Waals surface area contributed by atoms with Crippen LogP contribution < -0.4 is 4.31 Å². The molecule has 0 saturated heterocycles. The van der Waals surface area contributed by atoms with E-state index in [0.29, 0.717) is 5.69 Å². The Kier molecular flexibility index (Phi) is 5.04. The van der Waals surface area contributed by atoms with Crippen molar-refractivity contribution in [2.45, 2.75) is 11.4 Å². The van der Waals surface area contributed by atoms with Crippen LogP contribution in [0.15, 0.2) is 89.8 Å². The average Bonchev–Trinajstić information content (AvgIpc) is 2.67. The molecule has 0 unspecified atom stereocenters. The zero-order chi connectivity index (χ0) is 18.6. The van der Waals surface area contributed by atoms with Gasteiger partial charge in [0.1, 0.15) is 0 Å². The minimum absolute atomic E-state index is 0.0313. The third-order valence-corrected chi connectivity index (χ3v) is 5.67. The minimum Gasteiger partial charge on any atom is -0.478 e. The molecule has 0 bridgehead atoms. The number of rotatable bonds is 6. The fraction of sp³-hybridized carbons (Fsp3) is 0.0500. The van der Waals surface area contributed by atoms with Crippen molar-refractivity contribution < 1.29 is 18.3 Å². The zero-order valence-corrected chi connectivity index (χ0v) is 14.6. The lowest BCUT2D eigenvalue weighted by Gasteiger charge is -2.25. The van der Waals surface area contributed by atoms with Gasteiger partial charge in [-0.1, -0.05) is 54.6 Å². The molecule has 3 aromatic rings. The van der Waals surface area contributed by atoms with Gasteiger partial charge in [0.25, 0.3) is 10.0 Å². The summed E-state index contributed by atoms with van der Waals surface area (Å²) in [5.41, 5.74) is 1.13. The molecule has 6 heteroatoms. The standard InChI is InChI=1S/C20H17NO4S/c22-20(23)17-10-7-11-18(14-17)21(15-16-8-3-1-4-9-16)26(24,25)19-12-5-2-6-13-19/h1-14H,15H2,(H,22,23). The number of benzene rings is 3. The highest BCUT2D eigenvalue weighted by molar-refractivity contribution is 7.92. The van der Waals surface area contributed by atoms with E-state index in [0.717, 1.165) is 5.56 Å². The maximum Gasteiger partial charge on any atom is 0.335 e. The highest BCUT2D eigenvalue weighted by Gasteiger charge is 2.25. The monoisotopic (exact) mass is 367 g/mol. The molecular formula is C20H17NO4S. The summed E-state index contributed by atoms with van der Waals surface area (Å²) in [6, 6.07) is 23.2. The smallest absolute Gasteiger partial charge is 0.335 e. The van der Waals surface area contributed by atoms with Crippen molar-refractivity contribution in [2.24, 2.45) is 0 Å². The lowest BCUT2D eigenvalue weighted by atomic mass is 10.2. The molecule has 1 N–H and O–H groups in total. The number of sulfonamides is 1. The average molecular weight is 367 g/mol. The second-order valence-corrected chi connectivity index (χ2v) is 7.53. The van der Waals surface area contributed by atoms with E-state index >= 15 is 0 Å². The van der Waals surface area contributed by atoms with Gasteiger partial charge in [0, 0.05) is 0 Å². The number of carbonyl (C=O) groups is 1. The van der Waals surface area contributed by atoms with Gasteiger partial charge in [0.15, 0.2) is 0 Å². The summed E-state index contributed by atoms with van der Waals surface area (Å²) >= 11 is 0. The lowest BCUT2D eigenvalue weighted by Crippen LogP contribution is -2.30. The second-order valence-electron chi connectivity index (χ2n) is 5.67. The molecule has 0 amide bonds. The van der Waals surface area contributed by atoms with Gasteiger partial charge in [-0.05, 0) is 35.9 Å². The maximum atomic E-state index is 13.2. The van der Waals surface area contributed by atoms with Crippen LogP contribution in [0.5, 0.6) is 0 Å². The van der Waals surface area contributed by atoms with Gasteiger partial charge in [-0.15, -0.1) is 0 Å². The number of hydrogen-bond donors (Lipinski definition) is 1. The first-order valence-corrected chi connectivity index (χ1v) is 9.37. The first-order chi connectivity index (χ1) is 12.5. The molecule has 0 aliphatic carbocycles. The van der Waals surface area contributed by atoms with Crippen molar-refractivity contribution >= 4 is 21.7 Å². The number of anilines is 1. The van der Waals surface area contributed by atoms with Crippen LogP contribution in [-0.4, -0.2) is 19.5 Å². The van der Waals surface area contributed by atoms with E-state index < -0.39 is 16.0 Å². The quantitative estimate of drug-likeness (QED) is 0.719. The number of aromatic carboxylic acids is 1. The summed E-state index contributed by atoms with van der Waals surface area (Å²) in [6.07, 6.45) is 0. The Morgan fingerprint density at radius 3 is 2.08 bits per heavy atom. The van der Waals surface area contributed by atoms with Crippen molar-refractivity contribution in [1.29, 1.82) is 0 Å². The summed E-state index contributed by atoms with van der Waals surface area (Å²) in [7, 11) is -3.85. The first kappa shape index (κ1) is 17.7. The highest BCUT2D eigenvalue weighted by Crippen LogP contribution is 2.26. The molecule has 132 valence electrons. The Morgan fingerprint density at radius 2 is 1.46 bits per heavy atom. The summed E-state index contributed by atoms with van der Waals surface area (Å²) in [5.74, 6) is -1.11. The fourth-order valence-corrected chi connectivity index (χ4v) is 4.04. The predicted molar refractivity (Wildman–Crippen MR) is 99.7 cm³/mol. The highest BCUT2D eigenvalue weighted by atomic mass is 32.2. The van der Waals surface area contributed by atoms with Crippen LogP contribution in [0.1, 0.15) is 15.9 Å². The van der Waals surface area contributed by atoms with E-state index in [2.05, 4.69) is 0 Å². The van der Waals surface area contributed by atoms with E-state index in [9.17, 15) is 18.3 Å². The Hall–Kier alpha value is -3.12. The molecule has 0 atom stereocenters. The molecule has 0 fully saturated rings. The Bertz CT molecular complexity index is 1000. The maximum absolute atomic E-state index is 13.2. The van der Waals surface area contributed by atoms with Gasteiger partial charge < -0.3 is 5.11 Å². The third-order valence-electron chi connectivity index (χ3n) is 3.88. The van der Waals surface area contributed by atoms with Crippen LogP contribution in [0.25, 0.3) is 0 Å². The molecule has 0 radical (unpaired) electrons. The summed E-state index contributed by atoms with van der Waals surface area (Å²) in [4.78, 5) is 11.4. The summed E-state index contributed by atoms with van der Waals surface area (Å²) < 4.78 is 27.6. The van der Waals surface area contributed by atoms with Gasteiger partial charge in [-0.3, -0.25) is 4.31 Å². The van der Waals surface area contributed by atoms with Gasteiger partial charge in [-0.25, -0.2) is 13.2 Å². The molecule has 0 spiro atoms. The predicted octanol–water partition coefficient (Wildman–Crippen LogP) is 3.78. The van der Waals surface area contributed by atoms with Gasteiger partial charge >= 0.3 is 5.97 Å². The van der Waals surface area contributed by atoms with Crippen LogP contribution in [0, 0.1) is 0 Å². The van der Waals surface area contributed by atoms with E-state index in [1.807, 2.05) is 30.3 Å². The van der Waals surface area contributed by atoms with Crippen molar-refractivity contribution in [1.82, 2.24) is 0 Å². The molecule has 0 aromatic heterocycles. The number of nitrogens with zero attached hydrogens (tertiary/aromatic N) is 1. The number of carboxylic acid groups (broad SMARTS) is 1. The van der Waals surface area contributed by atoms with Crippen LogP contribution in [0.3, 0.4) is 0 Å². The third kappa shape index (κ3) is 3.75. The van der Waals surface area contributed by atoms with Crippen molar-refractivity contribution in [2.75, 3.05) is 4.31 Å². The zero-order valence-electron chi connectivity index (χ0n) is 13.8. The molecule has 3 aromatic carbocycles. The first-order valence-electron chi connectivity index (χ1n) is 7.93. The van der Waals surface area contributed by atoms with E-state index in [1.165, 1.54) is 34.6 Å². The normalized spacial score (nSPS) is 11.1. The Morgan fingerprint density at radius 1 is 0.846 bits per heavy atom.